The van der Waals surface area contributed by atoms with Crippen molar-refractivity contribution < 1.29 is 15.0 Å². The first kappa shape index (κ1) is 15.7. The second kappa shape index (κ2) is 7.29. The summed E-state index contributed by atoms with van der Waals surface area (Å²) in [5.74, 6) is -1.65. The third kappa shape index (κ3) is 3.80. The van der Waals surface area contributed by atoms with Crippen molar-refractivity contribution in [3.63, 3.8) is 0 Å². The van der Waals surface area contributed by atoms with Crippen LogP contribution in [0.2, 0.25) is 0 Å². The van der Waals surface area contributed by atoms with E-state index in [1.807, 2.05) is 44.2 Å². The minimum atomic E-state index is -1.27. The lowest BCUT2D eigenvalue weighted by atomic mass is 9.76. The molecule has 1 rings (SSSR count). The van der Waals surface area contributed by atoms with Gasteiger partial charge in [-0.15, -0.1) is 0 Å². The lowest BCUT2D eigenvalue weighted by Crippen LogP contribution is -2.40. The number of rotatable bonds is 8. The standard InChI is InChI=1S/C16H24O3/c1-3-5-11-14(15(17)18)16(19,12-4-2)13-9-7-6-8-10-13/h6-10,14,19H,3-5,11-12H2,1-2H3,(H,17,18). The molecule has 106 valence electrons. The van der Waals surface area contributed by atoms with E-state index >= 15 is 0 Å². The highest BCUT2D eigenvalue weighted by Gasteiger charge is 2.41. The largest absolute Gasteiger partial charge is 0.481 e. The summed E-state index contributed by atoms with van der Waals surface area (Å²) in [4.78, 5) is 11.5. The molecule has 0 bridgehead atoms. The first-order valence-electron chi connectivity index (χ1n) is 7.07. The molecule has 1 aromatic carbocycles. The summed E-state index contributed by atoms with van der Waals surface area (Å²) in [7, 11) is 0. The Morgan fingerprint density at radius 3 is 2.32 bits per heavy atom. The number of hydrogen-bond acceptors (Lipinski definition) is 2. The van der Waals surface area contributed by atoms with Crippen LogP contribution in [-0.2, 0) is 10.4 Å². The number of aliphatic carboxylic acids is 1. The third-order valence-corrected chi connectivity index (χ3v) is 3.63. The molecule has 0 aliphatic rings. The summed E-state index contributed by atoms with van der Waals surface area (Å²) in [5.41, 5.74) is -0.558. The van der Waals surface area contributed by atoms with E-state index in [2.05, 4.69) is 0 Å². The molecule has 0 saturated heterocycles. The maximum Gasteiger partial charge on any atom is 0.309 e. The molecule has 0 fully saturated rings. The second-order valence-electron chi connectivity index (χ2n) is 5.07. The number of hydrogen-bond donors (Lipinski definition) is 2. The molecular weight excluding hydrogens is 240 g/mol. The Balaban J connectivity index is 3.11. The van der Waals surface area contributed by atoms with Gasteiger partial charge in [0.25, 0.3) is 0 Å². The van der Waals surface area contributed by atoms with E-state index in [0.717, 1.165) is 19.3 Å². The third-order valence-electron chi connectivity index (χ3n) is 3.63. The Labute approximate surface area is 115 Å². The van der Waals surface area contributed by atoms with Gasteiger partial charge in [0, 0.05) is 0 Å². The smallest absolute Gasteiger partial charge is 0.309 e. The number of unbranched alkanes of at least 4 members (excludes halogenated alkanes) is 1. The minimum Gasteiger partial charge on any atom is -0.481 e. The molecule has 0 radical (unpaired) electrons. The molecular formula is C16H24O3. The predicted octanol–water partition coefficient (Wildman–Crippen LogP) is 3.57. The van der Waals surface area contributed by atoms with Crippen molar-refractivity contribution in [1.82, 2.24) is 0 Å². The minimum absolute atomic E-state index is 0.470. The molecule has 0 saturated carbocycles. The number of carbonyl (C=O) groups is 1. The van der Waals surface area contributed by atoms with Crippen LogP contribution in [0.15, 0.2) is 30.3 Å². The highest BCUT2D eigenvalue weighted by molar-refractivity contribution is 5.72. The average molecular weight is 264 g/mol. The van der Waals surface area contributed by atoms with E-state index in [9.17, 15) is 15.0 Å². The van der Waals surface area contributed by atoms with Gasteiger partial charge < -0.3 is 10.2 Å². The van der Waals surface area contributed by atoms with E-state index in [-0.39, 0.29) is 0 Å². The Bertz CT molecular complexity index is 388. The number of aliphatic hydroxyl groups is 1. The number of carboxylic acid groups (broad SMARTS) is 1. The summed E-state index contributed by atoms with van der Waals surface area (Å²) < 4.78 is 0. The summed E-state index contributed by atoms with van der Waals surface area (Å²) in [6.07, 6.45) is 3.48. The highest BCUT2D eigenvalue weighted by Crippen LogP contribution is 2.37. The van der Waals surface area contributed by atoms with Crippen molar-refractivity contribution in [2.24, 2.45) is 5.92 Å². The lowest BCUT2D eigenvalue weighted by molar-refractivity contribution is -0.154. The van der Waals surface area contributed by atoms with Gasteiger partial charge in [-0.3, -0.25) is 4.79 Å². The fourth-order valence-electron chi connectivity index (χ4n) is 2.60. The number of benzene rings is 1. The molecule has 0 aromatic heterocycles. The van der Waals surface area contributed by atoms with Crippen molar-refractivity contribution in [3.8, 4) is 0 Å². The molecule has 1 aromatic rings. The van der Waals surface area contributed by atoms with Gasteiger partial charge in [-0.05, 0) is 18.4 Å². The number of carboxylic acids is 1. The summed E-state index contributed by atoms with van der Waals surface area (Å²) in [5, 5.41) is 20.4. The van der Waals surface area contributed by atoms with Gasteiger partial charge in [-0.25, -0.2) is 0 Å². The van der Waals surface area contributed by atoms with Gasteiger partial charge in [0.1, 0.15) is 5.60 Å². The van der Waals surface area contributed by atoms with Crippen LogP contribution in [0.25, 0.3) is 0 Å². The van der Waals surface area contributed by atoms with Crippen LogP contribution < -0.4 is 0 Å². The summed E-state index contributed by atoms with van der Waals surface area (Å²) in [6, 6.07) is 9.19. The summed E-state index contributed by atoms with van der Waals surface area (Å²) in [6.45, 7) is 3.99. The molecule has 3 nitrogen and oxygen atoms in total. The molecule has 2 atom stereocenters. The monoisotopic (exact) mass is 264 g/mol. The van der Waals surface area contributed by atoms with E-state index < -0.39 is 17.5 Å². The molecule has 0 heterocycles. The van der Waals surface area contributed by atoms with Crippen LogP contribution in [0.1, 0.15) is 51.5 Å². The maximum absolute atomic E-state index is 11.5. The van der Waals surface area contributed by atoms with E-state index in [4.69, 9.17) is 0 Å². The van der Waals surface area contributed by atoms with E-state index in [0.29, 0.717) is 18.4 Å². The van der Waals surface area contributed by atoms with Gasteiger partial charge in [-0.2, -0.15) is 0 Å². The van der Waals surface area contributed by atoms with Crippen molar-refractivity contribution in [3.05, 3.63) is 35.9 Å². The van der Waals surface area contributed by atoms with Crippen molar-refractivity contribution >= 4 is 5.97 Å². The van der Waals surface area contributed by atoms with Crippen LogP contribution in [0, 0.1) is 5.92 Å². The molecule has 0 amide bonds. The SMILES string of the molecule is CCCCC(C(=O)O)C(O)(CCC)c1ccccc1. The normalized spacial score (nSPS) is 15.7. The van der Waals surface area contributed by atoms with E-state index in [1.54, 1.807) is 0 Å². The average Bonchev–Trinajstić information content (AvgIpc) is 2.40. The fraction of sp³-hybridized carbons (Fsp3) is 0.562. The van der Waals surface area contributed by atoms with Crippen LogP contribution in [0.4, 0.5) is 0 Å². The predicted molar refractivity (Wildman–Crippen MR) is 75.9 cm³/mol. The van der Waals surface area contributed by atoms with Crippen molar-refractivity contribution in [2.45, 2.75) is 51.6 Å². The van der Waals surface area contributed by atoms with Crippen molar-refractivity contribution in [1.29, 1.82) is 0 Å². The molecule has 2 N–H and O–H groups in total. The fourth-order valence-corrected chi connectivity index (χ4v) is 2.60. The van der Waals surface area contributed by atoms with Crippen LogP contribution >= 0.6 is 0 Å². The van der Waals surface area contributed by atoms with Gasteiger partial charge in [0.05, 0.1) is 5.92 Å². The molecule has 0 aliphatic carbocycles. The first-order valence-corrected chi connectivity index (χ1v) is 7.07. The Morgan fingerprint density at radius 2 is 1.84 bits per heavy atom. The van der Waals surface area contributed by atoms with Gasteiger partial charge in [-0.1, -0.05) is 63.4 Å². The molecule has 0 aliphatic heterocycles. The van der Waals surface area contributed by atoms with Gasteiger partial charge in [0.2, 0.25) is 0 Å². The zero-order valence-corrected chi connectivity index (χ0v) is 11.8. The molecule has 3 heteroatoms. The molecule has 19 heavy (non-hydrogen) atoms. The lowest BCUT2D eigenvalue weighted by Gasteiger charge is -2.34. The van der Waals surface area contributed by atoms with Crippen LogP contribution in [-0.4, -0.2) is 16.2 Å². The van der Waals surface area contributed by atoms with Crippen LogP contribution in [0.5, 0.6) is 0 Å². The van der Waals surface area contributed by atoms with E-state index in [1.165, 1.54) is 0 Å². The Morgan fingerprint density at radius 1 is 1.21 bits per heavy atom. The molecule has 2 unspecified atom stereocenters. The highest BCUT2D eigenvalue weighted by atomic mass is 16.4. The van der Waals surface area contributed by atoms with Crippen molar-refractivity contribution in [2.75, 3.05) is 0 Å². The maximum atomic E-state index is 11.5. The zero-order valence-electron chi connectivity index (χ0n) is 11.8. The Kier molecular flexibility index (Phi) is 6.03. The van der Waals surface area contributed by atoms with Gasteiger partial charge in [0.15, 0.2) is 0 Å². The second-order valence-corrected chi connectivity index (χ2v) is 5.07. The Hall–Kier alpha value is -1.35. The quantitative estimate of drug-likeness (QED) is 0.754. The summed E-state index contributed by atoms with van der Waals surface area (Å²) >= 11 is 0. The van der Waals surface area contributed by atoms with Crippen LogP contribution in [0.3, 0.4) is 0 Å². The first-order chi connectivity index (χ1) is 9.06. The topological polar surface area (TPSA) is 57.5 Å². The molecule has 0 spiro atoms. The van der Waals surface area contributed by atoms with Gasteiger partial charge >= 0.3 is 5.97 Å². The zero-order chi connectivity index (χ0) is 14.3.